The lowest BCUT2D eigenvalue weighted by molar-refractivity contribution is -0.141. The zero-order valence-electron chi connectivity index (χ0n) is 6.97. The van der Waals surface area contributed by atoms with Crippen molar-refractivity contribution in [2.45, 2.75) is 6.18 Å². The number of carbonyl (C=O) groups is 1. The van der Waals surface area contributed by atoms with Gasteiger partial charge in [0, 0.05) is 6.20 Å². The largest absolute Gasteiger partial charge is 0.434 e. The molecule has 0 N–H and O–H groups in total. The summed E-state index contributed by atoms with van der Waals surface area (Å²) >= 11 is 5.02. The van der Waals surface area contributed by atoms with Crippen molar-refractivity contribution in [3.8, 4) is 6.07 Å². The molecule has 0 aliphatic carbocycles. The minimum Gasteiger partial charge on any atom is -0.276 e. The molecule has 0 fully saturated rings. The Balaban J connectivity index is 3.51. The van der Waals surface area contributed by atoms with E-state index in [4.69, 9.17) is 16.9 Å². The van der Waals surface area contributed by atoms with E-state index in [9.17, 15) is 18.0 Å². The third-order valence-corrected chi connectivity index (χ3v) is 1.75. The molecular formula is C8H2ClF3N2O. The Bertz CT molecular complexity index is 450. The van der Waals surface area contributed by atoms with Gasteiger partial charge in [-0.25, -0.2) is 0 Å². The van der Waals surface area contributed by atoms with E-state index in [-0.39, 0.29) is 0 Å². The van der Waals surface area contributed by atoms with Gasteiger partial charge in [-0.1, -0.05) is 0 Å². The van der Waals surface area contributed by atoms with Gasteiger partial charge >= 0.3 is 6.18 Å². The maximum absolute atomic E-state index is 12.3. The van der Waals surface area contributed by atoms with Crippen LogP contribution in [0.15, 0.2) is 12.3 Å². The van der Waals surface area contributed by atoms with Crippen LogP contribution in [0.1, 0.15) is 21.6 Å². The Morgan fingerprint density at radius 1 is 1.53 bits per heavy atom. The summed E-state index contributed by atoms with van der Waals surface area (Å²) in [6, 6.07) is 2.23. The third-order valence-electron chi connectivity index (χ3n) is 1.54. The summed E-state index contributed by atoms with van der Waals surface area (Å²) in [5.74, 6) is 0. The summed E-state index contributed by atoms with van der Waals surface area (Å²) in [5, 5.41) is 7.39. The molecule has 0 aliphatic heterocycles. The van der Waals surface area contributed by atoms with Crippen molar-refractivity contribution in [3.63, 3.8) is 0 Å². The van der Waals surface area contributed by atoms with Crippen LogP contribution < -0.4 is 0 Å². The average molecular weight is 235 g/mol. The lowest BCUT2D eigenvalue weighted by Gasteiger charge is -2.08. The maximum Gasteiger partial charge on any atom is 0.434 e. The van der Waals surface area contributed by atoms with Gasteiger partial charge in [-0.05, 0) is 17.7 Å². The maximum atomic E-state index is 12.3. The highest BCUT2D eigenvalue weighted by Gasteiger charge is 2.37. The number of alkyl halides is 3. The molecule has 1 aromatic heterocycles. The Morgan fingerprint density at radius 3 is 2.53 bits per heavy atom. The van der Waals surface area contributed by atoms with E-state index < -0.39 is 28.2 Å². The number of nitrogens with zero attached hydrogens (tertiary/aromatic N) is 2. The van der Waals surface area contributed by atoms with Gasteiger partial charge in [0.1, 0.15) is 6.07 Å². The van der Waals surface area contributed by atoms with Crippen molar-refractivity contribution >= 4 is 16.8 Å². The summed E-state index contributed by atoms with van der Waals surface area (Å²) in [5.41, 5.74) is -2.76. The second-order valence-corrected chi connectivity index (χ2v) is 2.81. The molecule has 0 atom stereocenters. The highest BCUT2D eigenvalue weighted by molar-refractivity contribution is 6.68. The molecule has 0 radical (unpaired) electrons. The average Bonchev–Trinajstić information content (AvgIpc) is 2.15. The van der Waals surface area contributed by atoms with Crippen molar-refractivity contribution in [1.29, 1.82) is 5.26 Å². The van der Waals surface area contributed by atoms with E-state index in [1.165, 1.54) is 6.07 Å². The van der Waals surface area contributed by atoms with Crippen molar-refractivity contribution in [2.75, 3.05) is 0 Å². The van der Waals surface area contributed by atoms with Gasteiger partial charge in [-0.3, -0.25) is 9.78 Å². The van der Waals surface area contributed by atoms with E-state index in [1.807, 2.05) is 0 Å². The lowest BCUT2D eigenvalue weighted by Crippen LogP contribution is -2.13. The second-order valence-electron chi connectivity index (χ2n) is 2.47. The molecule has 0 saturated carbocycles. The molecule has 78 valence electrons. The van der Waals surface area contributed by atoms with Crippen LogP contribution in [-0.4, -0.2) is 10.2 Å². The SMILES string of the molecule is N#Cc1c(C(=O)Cl)ccnc1C(F)(F)F. The molecule has 0 unspecified atom stereocenters. The first-order valence-electron chi connectivity index (χ1n) is 3.54. The molecule has 1 heterocycles. The Morgan fingerprint density at radius 2 is 2.13 bits per heavy atom. The molecule has 7 heteroatoms. The first-order valence-corrected chi connectivity index (χ1v) is 3.92. The van der Waals surface area contributed by atoms with E-state index in [1.54, 1.807) is 0 Å². The van der Waals surface area contributed by atoms with E-state index in [0.717, 1.165) is 12.3 Å². The lowest BCUT2D eigenvalue weighted by atomic mass is 10.1. The smallest absolute Gasteiger partial charge is 0.276 e. The van der Waals surface area contributed by atoms with Crippen molar-refractivity contribution < 1.29 is 18.0 Å². The van der Waals surface area contributed by atoms with Crippen LogP contribution in [0.3, 0.4) is 0 Å². The van der Waals surface area contributed by atoms with E-state index in [2.05, 4.69) is 4.98 Å². The van der Waals surface area contributed by atoms with E-state index in [0.29, 0.717) is 0 Å². The number of rotatable bonds is 1. The molecule has 0 saturated heterocycles. The van der Waals surface area contributed by atoms with Crippen LogP contribution in [0.25, 0.3) is 0 Å². The van der Waals surface area contributed by atoms with Gasteiger partial charge in [0.15, 0.2) is 5.69 Å². The quantitative estimate of drug-likeness (QED) is 0.701. The van der Waals surface area contributed by atoms with Crippen LogP contribution in [0.2, 0.25) is 0 Å². The number of hydrogen-bond donors (Lipinski definition) is 0. The number of aromatic nitrogens is 1. The van der Waals surface area contributed by atoms with Crippen molar-refractivity contribution in [2.24, 2.45) is 0 Å². The fourth-order valence-corrected chi connectivity index (χ4v) is 1.11. The van der Waals surface area contributed by atoms with Gasteiger partial charge in [0.25, 0.3) is 5.24 Å². The molecule has 1 aromatic rings. The molecule has 0 aliphatic rings. The number of pyridine rings is 1. The minimum absolute atomic E-state index is 0.499. The Labute approximate surface area is 87.1 Å². The molecule has 15 heavy (non-hydrogen) atoms. The summed E-state index contributed by atoms with van der Waals surface area (Å²) in [4.78, 5) is 13.7. The Kier molecular flexibility index (Phi) is 2.95. The predicted molar refractivity (Wildman–Crippen MR) is 44.1 cm³/mol. The topological polar surface area (TPSA) is 53.8 Å². The van der Waals surface area contributed by atoms with Gasteiger partial charge in [0.2, 0.25) is 0 Å². The zero-order valence-corrected chi connectivity index (χ0v) is 7.73. The van der Waals surface area contributed by atoms with Gasteiger partial charge in [-0.2, -0.15) is 18.4 Å². The fraction of sp³-hybridized carbons (Fsp3) is 0.125. The molecule has 1 rings (SSSR count). The first-order chi connectivity index (χ1) is 6.88. The van der Waals surface area contributed by atoms with Gasteiger partial charge < -0.3 is 0 Å². The predicted octanol–water partition coefficient (Wildman–Crippen LogP) is 2.35. The normalized spacial score (nSPS) is 10.9. The van der Waals surface area contributed by atoms with Gasteiger partial charge in [-0.15, -0.1) is 0 Å². The number of carbonyl (C=O) groups excluding carboxylic acids is 1. The number of nitriles is 1. The molecule has 0 amide bonds. The highest BCUT2D eigenvalue weighted by Crippen LogP contribution is 2.31. The summed E-state index contributed by atoms with van der Waals surface area (Å²) in [6.07, 6.45) is -4.01. The second kappa shape index (κ2) is 3.87. The van der Waals surface area contributed by atoms with Crippen LogP contribution in [-0.2, 0) is 6.18 Å². The van der Waals surface area contributed by atoms with Crippen molar-refractivity contribution in [1.82, 2.24) is 4.98 Å². The van der Waals surface area contributed by atoms with Crippen LogP contribution in [0, 0.1) is 11.3 Å². The molecule has 0 bridgehead atoms. The summed E-state index contributed by atoms with van der Waals surface area (Å²) in [6.45, 7) is 0. The van der Waals surface area contributed by atoms with Crippen LogP contribution in [0.4, 0.5) is 13.2 Å². The van der Waals surface area contributed by atoms with Crippen molar-refractivity contribution in [3.05, 3.63) is 29.1 Å². The minimum atomic E-state index is -4.78. The monoisotopic (exact) mass is 234 g/mol. The fourth-order valence-electron chi connectivity index (χ4n) is 0.954. The van der Waals surface area contributed by atoms with E-state index >= 15 is 0 Å². The molecule has 0 aromatic carbocycles. The molecule has 3 nitrogen and oxygen atoms in total. The summed E-state index contributed by atoms with van der Waals surface area (Å²) in [7, 11) is 0. The number of hydrogen-bond acceptors (Lipinski definition) is 3. The molecular weight excluding hydrogens is 233 g/mol. The van der Waals surface area contributed by atoms with Crippen LogP contribution >= 0.6 is 11.6 Å². The number of halogens is 4. The van der Waals surface area contributed by atoms with Gasteiger partial charge in [0.05, 0.1) is 11.1 Å². The summed E-state index contributed by atoms with van der Waals surface area (Å²) < 4.78 is 36.9. The molecule has 0 spiro atoms. The zero-order chi connectivity index (χ0) is 11.6. The van der Waals surface area contributed by atoms with Crippen LogP contribution in [0.5, 0.6) is 0 Å². The first kappa shape index (κ1) is 11.5. The third kappa shape index (κ3) is 2.25. The Hall–Kier alpha value is -1.61. The standard InChI is InChI=1S/C8H2ClF3N2O/c9-7(15)4-1-2-14-6(5(4)3-13)8(10,11)12/h1-2H. The highest BCUT2D eigenvalue weighted by atomic mass is 35.5.